The highest BCUT2D eigenvalue weighted by molar-refractivity contribution is 8.18. The van der Waals surface area contributed by atoms with Crippen molar-refractivity contribution in [2.45, 2.75) is 24.2 Å². The van der Waals surface area contributed by atoms with Crippen LogP contribution in [0.3, 0.4) is 0 Å². The fourth-order valence-corrected chi connectivity index (χ4v) is 6.74. The number of piperidine rings is 1. The zero-order valence-electron chi connectivity index (χ0n) is 21.3. The number of benzene rings is 2. The van der Waals surface area contributed by atoms with Crippen LogP contribution in [0.5, 0.6) is 5.75 Å². The lowest BCUT2D eigenvalue weighted by atomic mass is 10.2. The molecule has 9 nitrogen and oxygen atoms in total. The first kappa shape index (κ1) is 28.5. The average Bonchev–Trinajstić information content (AvgIpc) is 3.20. The normalized spacial score (nSPS) is 17.8. The zero-order chi connectivity index (χ0) is 28.0. The molecule has 2 fully saturated rings. The first-order chi connectivity index (χ1) is 18.7. The van der Waals surface area contributed by atoms with Gasteiger partial charge in [0.15, 0.2) is 0 Å². The number of sulfonamides is 1. The van der Waals surface area contributed by atoms with E-state index in [1.54, 1.807) is 12.1 Å². The van der Waals surface area contributed by atoms with Gasteiger partial charge in [-0.25, -0.2) is 12.8 Å². The first-order valence-electron chi connectivity index (χ1n) is 12.3. The Labute approximate surface area is 230 Å². The Morgan fingerprint density at radius 3 is 2.46 bits per heavy atom. The van der Waals surface area contributed by atoms with Crippen LogP contribution >= 0.6 is 11.8 Å². The lowest BCUT2D eigenvalue weighted by Crippen LogP contribution is -2.36. The van der Waals surface area contributed by atoms with E-state index in [1.807, 2.05) is 0 Å². The number of methoxy groups -OCH3 is 1. The number of carbonyl (C=O) groups is 3. The average molecular weight is 574 g/mol. The van der Waals surface area contributed by atoms with Gasteiger partial charge in [-0.3, -0.25) is 19.3 Å². The lowest BCUT2D eigenvalue weighted by Gasteiger charge is -2.26. The van der Waals surface area contributed by atoms with Gasteiger partial charge < -0.3 is 10.1 Å². The molecule has 2 aromatic carbocycles. The summed E-state index contributed by atoms with van der Waals surface area (Å²) in [4.78, 5) is 38.5. The summed E-state index contributed by atoms with van der Waals surface area (Å²) in [5.74, 6) is -1.13. The number of carbonyl (C=O) groups excluding carboxylic acids is 3. The van der Waals surface area contributed by atoms with Crippen LogP contribution in [-0.2, 0) is 19.6 Å². The van der Waals surface area contributed by atoms with Gasteiger partial charge in [-0.15, -0.1) is 0 Å². The topological polar surface area (TPSA) is 113 Å². The summed E-state index contributed by atoms with van der Waals surface area (Å²) in [6.07, 6.45) is 6.85. The van der Waals surface area contributed by atoms with Crippen LogP contribution in [0.1, 0.15) is 30.4 Å². The summed E-state index contributed by atoms with van der Waals surface area (Å²) < 4.78 is 46.2. The molecular formula is C27H28FN3O6S2. The van der Waals surface area contributed by atoms with E-state index in [0.717, 1.165) is 35.9 Å². The number of thioether (sulfide) groups is 1. The highest BCUT2D eigenvalue weighted by atomic mass is 32.2. The van der Waals surface area contributed by atoms with E-state index in [0.29, 0.717) is 24.2 Å². The number of halogens is 1. The first-order valence-corrected chi connectivity index (χ1v) is 14.6. The molecule has 2 aliphatic rings. The molecule has 4 rings (SSSR count). The second-order valence-corrected chi connectivity index (χ2v) is 11.8. The Hall–Kier alpha value is -3.48. The lowest BCUT2D eigenvalue weighted by molar-refractivity contribution is -0.123. The molecule has 3 amide bonds. The standard InChI is InChI=1S/C27H28FN3O6S2/c1-37-22-11-7-20(18-24(22)39(35,36)30-14-3-2-4-15-30)8-12-25(32)29-13-16-31-26(33)23(38-27(31)34)17-19-5-9-21(28)10-6-19/h5-12,17-18H,2-4,13-16H2,1H3,(H,29,32). The fourth-order valence-electron chi connectivity index (χ4n) is 4.17. The predicted octanol–water partition coefficient (Wildman–Crippen LogP) is 3.87. The molecule has 0 bridgehead atoms. The van der Waals surface area contributed by atoms with Crippen molar-refractivity contribution < 1.29 is 31.9 Å². The summed E-state index contributed by atoms with van der Waals surface area (Å²) in [7, 11) is -2.34. The highest BCUT2D eigenvalue weighted by Gasteiger charge is 2.34. The van der Waals surface area contributed by atoms with Crippen LogP contribution in [0.4, 0.5) is 9.18 Å². The number of imide groups is 1. The number of amides is 3. The molecule has 0 unspecified atom stereocenters. The van der Waals surface area contributed by atoms with E-state index in [9.17, 15) is 27.2 Å². The van der Waals surface area contributed by atoms with Crippen molar-refractivity contribution in [3.05, 3.63) is 70.4 Å². The molecule has 1 N–H and O–H groups in total. The van der Waals surface area contributed by atoms with Gasteiger partial charge in [0, 0.05) is 32.3 Å². The van der Waals surface area contributed by atoms with Crippen molar-refractivity contribution in [1.82, 2.24) is 14.5 Å². The number of hydrogen-bond acceptors (Lipinski definition) is 7. The molecule has 206 valence electrons. The molecular weight excluding hydrogens is 545 g/mol. The Balaban J connectivity index is 1.35. The molecule has 0 saturated carbocycles. The monoisotopic (exact) mass is 573 g/mol. The number of rotatable bonds is 9. The number of nitrogens with zero attached hydrogens (tertiary/aromatic N) is 2. The van der Waals surface area contributed by atoms with Gasteiger partial charge in [0.05, 0.1) is 12.0 Å². The number of nitrogens with one attached hydrogen (secondary N) is 1. The predicted molar refractivity (Wildman–Crippen MR) is 147 cm³/mol. The third-order valence-electron chi connectivity index (χ3n) is 6.22. The van der Waals surface area contributed by atoms with E-state index in [4.69, 9.17) is 4.74 Å². The van der Waals surface area contributed by atoms with Gasteiger partial charge in [-0.05, 0) is 72.1 Å². The minimum atomic E-state index is -3.75. The molecule has 2 heterocycles. The largest absolute Gasteiger partial charge is 0.495 e. The maximum absolute atomic E-state index is 13.2. The van der Waals surface area contributed by atoms with Crippen molar-refractivity contribution in [3.8, 4) is 5.75 Å². The zero-order valence-corrected chi connectivity index (χ0v) is 22.9. The van der Waals surface area contributed by atoms with E-state index in [2.05, 4.69) is 5.32 Å². The molecule has 0 atom stereocenters. The van der Waals surface area contributed by atoms with Crippen LogP contribution in [0, 0.1) is 5.82 Å². The molecule has 0 spiro atoms. The van der Waals surface area contributed by atoms with E-state index in [-0.39, 0.29) is 28.6 Å². The number of hydrogen-bond donors (Lipinski definition) is 1. The van der Waals surface area contributed by atoms with Gasteiger partial charge >= 0.3 is 0 Å². The maximum atomic E-state index is 13.2. The summed E-state index contributed by atoms with van der Waals surface area (Å²) in [6.45, 7) is 0.921. The Morgan fingerprint density at radius 1 is 1.08 bits per heavy atom. The maximum Gasteiger partial charge on any atom is 0.293 e. The summed E-state index contributed by atoms with van der Waals surface area (Å²) in [5.41, 5.74) is 1.09. The van der Waals surface area contributed by atoms with Crippen molar-refractivity contribution in [2.24, 2.45) is 0 Å². The van der Waals surface area contributed by atoms with Crippen molar-refractivity contribution in [1.29, 1.82) is 0 Å². The Kier molecular flexibility index (Phi) is 9.20. The van der Waals surface area contributed by atoms with Crippen LogP contribution in [-0.4, -0.2) is 68.0 Å². The van der Waals surface area contributed by atoms with Crippen LogP contribution in [0.25, 0.3) is 12.2 Å². The quantitative estimate of drug-likeness (QED) is 0.453. The Morgan fingerprint density at radius 2 is 1.77 bits per heavy atom. The van der Waals surface area contributed by atoms with Crippen molar-refractivity contribution >= 4 is 51.0 Å². The van der Waals surface area contributed by atoms with Crippen LogP contribution in [0.15, 0.2) is 58.3 Å². The molecule has 0 radical (unpaired) electrons. The minimum absolute atomic E-state index is 0.0221. The molecule has 2 saturated heterocycles. The Bertz CT molecular complexity index is 1420. The highest BCUT2D eigenvalue weighted by Crippen LogP contribution is 2.32. The van der Waals surface area contributed by atoms with Crippen LogP contribution < -0.4 is 10.1 Å². The van der Waals surface area contributed by atoms with Gasteiger partial charge in [0.1, 0.15) is 16.5 Å². The third-order valence-corrected chi connectivity index (χ3v) is 9.05. The van der Waals surface area contributed by atoms with E-state index < -0.39 is 32.9 Å². The van der Waals surface area contributed by atoms with Crippen molar-refractivity contribution in [3.63, 3.8) is 0 Å². The van der Waals surface area contributed by atoms with Gasteiger partial charge in [-0.2, -0.15) is 4.31 Å². The molecule has 2 aliphatic heterocycles. The van der Waals surface area contributed by atoms with Gasteiger partial charge in [0.2, 0.25) is 15.9 Å². The number of ether oxygens (including phenoxy) is 1. The summed E-state index contributed by atoms with van der Waals surface area (Å²) in [5, 5.41) is 2.16. The van der Waals surface area contributed by atoms with E-state index >= 15 is 0 Å². The minimum Gasteiger partial charge on any atom is -0.495 e. The molecule has 12 heteroatoms. The summed E-state index contributed by atoms with van der Waals surface area (Å²) in [6, 6.07) is 10.2. The molecule has 0 aliphatic carbocycles. The van der Waals surface area contributed by atoms with Gasteiger partial charge in [0.25, 0.3) is 11.1 Å². The molecule has 0 aromatic heterocycles. The molecule has 2 aromatic rings. The second-order valence-electron chi connectivity index (χ2n) is 8.88. The second kappa shape index (κ2) is 12.6. The van der Waals surface area contributed by atoms with Crippen LogP contribution in [0.2, 0.25) is 0 Å². The molecule has 39 heavy (non-hydrogen) atoms. The van der Waals surface area contributed by atoms with Crippen molar-refractivity contribution in [2.75, 3.05) is 33.3 Å². The van der Waals surface area contributed by atoms with Gasteiger partial charge in [-0.1, -0.05) is 24.6 Å². The SMILES string of the molecule is COc1ccc(C=CC(=O)NCCN2C(=O)SC(=Cc3ccc(F)cc3)C2=O)cc1S(=O)(=O)N1CCCCC1. The fraction of sp³-hybridized carbons (Fsp3) is 0.296. The third kappa shape index (κ3) is 6.94. The van der Waals surface area contributed by atoms with E-state index in [1.165, 1.54) is 60.0 Å². The smallest absolute Gasteiger partial charge is 0.293 e. The summed E-state index contributed by atoms with van der Waals surface area (Å²) >= 11 is 0.779.